The summed E-state index contributed by atoms with van der Waals surface area (Å²) >= 11 is 1.86. The van der Waals surface area contributed by atoms with E-state index in [9.17, 15) is 0 Å². The summed E-state index contributed by atoms with van der Waals surface area (Å²) in [6, 6.07) is 41.3. The summed E-state index contributed by atoms with van der Waals surface area (Å²) in [7, 11) is 0. The number of fused-ring (bicyclic) bond motifs is 9. The minimum atomic E-state index is -0.210. The predicted octanol–water partition coefficient (Wildman–Crippen LogP) is 9.91. The van der Waals surface area contributed by atoms with E-state index in [0.29, 0.717) is 5.95 Å². The Morgan fingerprint density at radius 1 is 0.585 bits per heavy atom. The Balaban J connectivity index is 1.44. The van der Waals surface area contributed by atoms with Crippen LogP contribution in [-0.2, 0) is 5.41 Å². The lowest BCUT2D eigenvalue weighted by Gasteiger charge is -2.24. The fourth-order valence-corrected chi connectivity index (χ4v) is 8.04. The van der Waals surface area contributed by atoms with Crippen molar-refractivity contribution in [1.29, 1.82) is 0 Å². The van der Waals surface area contributed by atoms with Gasteiger partial charge in [-0.05, 0) is 29.8 Å². The lowest BCUT2D eigenvalue weighted by atomic mass is 9.81. The Kier molecular flexibility index (Phi) is 4.55. The zero-order chi connectivity index (χ0) is 27.3. The van der Waals surface area contributed by atoms with E-state index in [2.05, 4.69) is 134 Å². The van der Waals surface area contributed by atoms with Crippen molar-refractivity contribution in [3.63, 3.8) is 0 Å². The SMILES string of the molecule is CC1(C)c2ccccc2-c2nc(-n3c4ccccc4c4cc5sc6ccccc6c5cc43)nc(-c3ccccc3)c21. The monoisotopic (exact) mass is 543 g/mol. The van der Waals surface area contributed by atoms with Crippen LogP contribution in [0.5, 0.6) is 0 Å². The van der Waals surface area contributed by atoms with Crippen molar-refractivity contribution in [1.82, 2.24) is 14.5 Å². The molecule has 8 aromatic rings. The van der Waals surface area contributed by atoms with Gasteiger partial charge in [-0.2, -0.15) is 0 Å². The normalized spacial score (nSPS) is 13.8. The van der Waals surface area contributed by atoms with Crippen molar-refractivity contribution in [2.24, 2.45) is 0 Å². The summed E-state index contributed by atoms with van der Waals surface area (Å²) in [6.45, 7) is 4.60. The summed E-state index contributed by atoms with van der Waals surface area (Å²) in [5.41, 5.74) is 8.87. The Morgan fingerprint density at radius 2 is 1.29 bits per heavy atom. The van der Waals surface area contributed by atoms with Crippen molar-refractivity contribution in [2.45, 2.75) is 19.3 Å². The van der Waals surface area contributed by atoms with Crippen LogP contribution in [0.2, 0.25) is 0 Å². The van der Waals surface area contributed by atoms with Crippen molar-refractivity contribution in [3.8, 4) is 28.5 Å². The summed E-state index contributed by atoms with van der Waals surface area (Å²) in [5.74, 6) is 0.709. The Bertz CT molecular complexity index is 2340. The Morgan fingerprint density at radius 3 is 2.17 bits per heavy atom. The zero-order valence-corrected chi connectivity index (χ0v) is 23.5. The molecule has 0 fully saturated rings. The van der Waals surface area contributed by atoms with Crippen LogP contribution in [0.25, 0.3) is 70.4 Å². The van der Waals surface area contributed by atoms with Gasteiger partial charge >= 0.3 is 0 Å². The predicted molar refractivity (Wildman–Crippen MR) is 172 cm³/mol. The highest BCUT2D eigenvalue weighted by atomic mass is 32.1. The number of rotatable bonds is 2. The van der Waals surface area contributed by atoms with Gasteiger partial charge in [-0.3, -0.25) is 4.57 Å². The van der Waals surface area contributed by atoms with Crippen LogP contribution in [0.4, 0.5) is 0 Å². The first-order valence-electron chi connectivity index (χ1n) is 14.0. The first-order chi connectivity index (χ1) is 20.1. The lowest BCUT2D eigenvalue weighted by molar-refractivity contribution is 0.657. The van der Waals surface area contributed by atoms with E-state index in [-0.39, 0.29) is 5.41 Å². The molecule has 5 aromatic carbocycles. The van der Waals surface area contributed by atoms with Gasteiger partial charge in [0.15, 0.2) is 0 Å². The van der Waals surface area contributed by atoms with E-state index in [0.717, 1.165) is 28.0 Å². The molecule has 0 saturated heterocycles. The van der Waals surface area contributed by atoms with Crippen molar-refractivity contribution < 1.29 is 0 Å². The number of para-hydroxylation sites is 1. The van der Waals surface area contributed by atoms with Gasteiger partial charge in [0, 0.05) is 53.1 Å². The minimum absolute atomic E-state index is 0.210. The maximum absolute atomic E-state index is 5.42. The lowest BCUT2D eigenvalue weighted by Crippen LogP contribution is -2.18. The molecule has 0 amide bonds. The highest BCUT2D eigenvalue weighted by molar-refractivity contribution is 7.25. The van der Waals surface area contributed by atoms with E-state index >= 15 is 0 Å². The van der Waals surface area contributed by atoms with Crippen LogP contribution in [-0.4, -0.2) is 14.5 Å². The number of hydrogen-bond acceptors (Lipinski definition) is 3. The van der Waals surface area contributed by atoms with E-state index in [1.165, 1.54) is 47.6 Å². The molecular weight excluding hydrogens is 518 g/mol. The molecule has 0 N–H and O–H groups in total. The van der Waals surface area contributed by atoms with Gasteiger partial charge in [0.1, 0.15) is 0 Å². The molecular formula is C37H25N3S. The number of benzene rings is 5. The topological polar surface area (TPSA) is 30.7 Å². The molecule has 1 aliphatic rings. The second-order valence-corrected chi connectivity index (χ2v) is 12.5. The molecule has 4 heteroatoms. The molecule has 0 atom stereocenters. The Labute approximate surface area is 241 Å². The third kappa shape index (κ3) is 3.08. The van der Waals surface area contributed by atoms with Crippen molar-refractivity contribution in [2.75, 3.05) is 0 Å². The third-order valence-electron chi connectivity index (χ3n) is 8.80. The van der Waals surface area contributed by atoms with Crippen LogP contribution in [0, 0.1) is 0 Å². The zero-order valence-electron chi connectivity index (χ0n) is 22.7. The number of hydrogen-bond donors (Lipinski definition) is 0. The van der Waals surface area contributed by atoms with Gasteiger partial charge in [-0.15, -0.1) is 11.3 Å². The summed E-state index contributed by atoms with van der Waals surface area (Å²) in [6.07, 6.45) is 0. The average molecular weight is 544 g/mol. The molecule has 3 heterocycles. The first kappa shape index (κ1) is 23.0. The molecule has 3 nitrogen and oxygen atoms in total. The third-order valence-corrected chi connectivity index (χ3v) is 9.93. The van der Waals surface area contributed by atoms with Gasteiger partial charge in [0.25, 0.3) is 0 Å². The maximum Gasteiger partial charge on any atom is 0.235 e. The van der Waals surface area contributed by atoms with Crippen LogP contribution >= 0.6 is 11.3 Å². The van der Waals surface area contributed by atoms with Crippen LogP contribution in [0.15, 0.2) is 115 Å². The average Bonchev–Trinajstić information content (AvgIpc) is 3.62. The fourth-order valence-electron chi connectivity index (χ4n) is 6.91. The fraction of sp³-hybridized carbons (Fsp3) is 0.0811. The second-order valence-electron chi connectivity index (χ2n) is 11.4. The van der Waals surface area contributed by atoms with E-state index < -0.39 is 0 Å². The van der Waals surface area contributed by atoms with Gasteiger partial charge in [0.05, 0.1) is 22.4 Å². The van der Waals surface area contributed by atoms with Crippen LogP contribution in [0.3, 0.4) is 0 Å². The molecule has 41 heavy (non-hydrogen) atoms. The van der Waals surface area contributed by atoms with Gasteiger partial charge in [-0.1, -0.05) is 105 Å². The maximum atomic E-state index is 5.42. The quantitative estimate of drug-likeness (QED) is 0.217. The second kappa shape index (κ2) is 8.12. The van der Waals surface area contributed by atoms with Crippen LogP contribution < -0.4 is 0 Å². The minimum Gasteiger partial charge on any atom is -0.278 e. The summed E-state index contributed by atoms with van der Waals surface area (Å²) in [5, 5.41) is 5.01. The van der Waals surface area contributed by atoms with E-state index in [1.807, 2.05) is 11.3 Å². The highest BCUT2D eigenvalue weighted by Gasteiger charge is 2.40. The number of aromatic nitrogens is 3. The summed E-state index contributed by atoms with van der Waals surface area (Å²) < 4.78 is 4.89. The first-order valence-corrected chi connectivity index (χ1v) is 14.8. The molecule has 9 rings (SSSR count). The molecule has 194 valence electrons. The van der Waals surface area contributed by atoms with Crippen LogP contribution in [0.1, 0.15) is 25.0 Å². The van der Waals surface area contributed by atoms with Crippen molar-refractivity contribution >= 4 is 53.3 Å². The number of nitrogens with zero attached hydrogens (tertiary/aromatic N) is 3. The van der Waals surface area contributed by atoms with Gasteiger partial charge in [0.2, 0.25) is 5.95 Å². The Hall–Kier alpha value is -4.80. The van der Waals surface area contributed by atoms with Crippen molar-refractivity contribution in [3.05, 3.63) is 126 Å². The largest absolute Gasteiger partial charge is 0.278 e. The van der Waals surface area contributed by atoms with Gasteiger partial charge < -0.3 is 0 Å². The molecule has 0 unspecified atom stereocenters. The number of thiophene rings is 1. The molecule has 0 bridgehead atoms. The molecule has 0 spiro atoms. The smallest absolute Gasteiger partial charge is 0.235 e. The summed E-state index contributed by atoms with van der Waals surface area (Å²) in [4.78, 5) is 10.8. The van der Waals surface area contributed by atoms with E-state index in [1.54, 1.807) is 0 Å². The van der Waals surface area contributed by atoms with E-state index in [4.69, 9.17) is 9.97 Å². The molecule has 0 radical (unpaired) electrons. The molecule has 1 aliphatic carbocycles. The molecule has 0 aliphatic heterocycles. The molecule has 3 aromatic heterocycles. The molecule has 0 saturated carbocycles. The highest BCUT2D eigenvalue weighted by Crippen LogP contribution is 2.51. The van der Waals surface area contributed by atoms with Gasteiger partial charge in [-0.25, -0.2) is 9.97 Å². The standard InChI is InChI=1S/C37H25N3S/c1-37(2)28-17-9-6-16-25(28)35-33(37)34(22-12-4-3-5-13-22)38-36(39-35)40-29-18-10-7-14-23(29)26-21-32-27(20-30(26)40)24-15-8-11-19-31(24)41-32/h3-21H,1-2H3.